The second kappa shape index (κ2) is 5.92. The van der Waals surface area contributed by atoms with Crippen LogP contribution in [-0.2, 0) is 9.59 Å². The van der Waals surface area contributed by atoms with Gasteiger partial charge in [0.2, 0.25) is 5.91 Å². The lowest BCUT2D eigenvalue weighted by Gasteiger charge is -2.15. The van der Waals surface area contributed by atoms with Crippen LogP contribution >= 0.6 is 11.6 Å². The maximum Gasteiger partial charge on any atom is 0.330 e. The van der Waals surface area contributed by atoms with Gasteiger partial charge in [-0.05, 0) is 6.07 Å². The number of carbonyl (C=O) groups excluding carboxylic acids is 1. The minimum absolute atomic E-state index is 0.172. The van der Waals surface area contributed by atoms with Crippen LogP contribution in [0.3, 0.4) is 0 Å². The van der Waals surface area contributed by atoms with Crippen LogP contribution in [0.15, 0.2) is 24.3 Å². The molecule has 0 aromatic heterocycles. The first-order valence-corrected chi connectivity index (χ1v) is 5.14. The van der Waals surface area contributed by atoms with E-state index in [1.165, 1.54) is 6.07 Å². The fraction of sp³-hybridized carbons (Fsp3) is 0.167. The Balaban J connectivity index is 2.96. The number of carboxylic acid groups (broad SMARTS) is 1. The quantitative estimate of drug-likeness (QED) is 0.799. The Labute approximate surface area is 104 Å². The molecule has 0 aliphatic carbocycles. The molecule has 0 aliphatic heterocycles. The van der Waals surface area contributed by atoms with E-state index in [-0.39, 0.29) is 11.4 Å². The van der Waals surface area contributed by atoms with Crippen molar-refractivity contribution in [2.45, 2.75) is 12.5 Å². The third-order valence-electron chi connectivity index (χ3n) is 2.03. The largest absolute Gasteiger partial charge is 0.479 e. The molecule has 88 valence electrons. The number of rotatable bonds is 4. The summed E-state index contributed by atoms with van der Waals surface area (Å²) in [5.74, 6) is 0.421. The van der Waals surface area contributed by atoms with E-state index < -0.39 is 17.9 Å². The molecular formula is C12H10ClNO3. The van der Waals surface area contributed by atoms with Gasteiger partial charge in [0, 0.05) is 10.6 Å². The number of carboxylic acids is 1. The van der Waals surface area contributed by atoms with Gasteiger partial charge in [-0.1, -0.05) is 35.7 Å². The molecule has 0 radical (unpaired) electrons. The first-order chi connectivity index (χ1) is 8.06. The fourth-order valence-electron chi connectivity index (χ4n) is 1.29. The Morgan fingerprint density at radius 2 is 2.12 bits per heavy atom. The van der Waals surface area contributed by atoms with Crippen molar-refractivity contribution in [3.05, 3.63) is 34.9 Å². The number of benzene rings is 1. The predicted octanol–water partition coefficient (Wildman–Crippen LogP) is 1.61. The van der Waals surface area contributed by atoms with E-state index in [9.17, 15) is 9.59 Å². The highest BCUT2D eigenvalue weighted by Crippen LogP contribution is 2.22. The van der Waals surface area contributed by atoms with Crippen LogP contribution in [0.4, 0.5) is 0 Å². The maximum atomic E-state index is 11.3. The average Bonchev–Trinajstić information content (AvgIpc) is 2.27. The minimum atomic E-state index is -1.19. The molecule has 1 aromatic rings. The van der Waals surface area contributed by atoms with Crippen LogP contribution in [0.5, 0.6) is 0 Å². The molecule has 0 heterocycles. The van der Waals surface area contributed by atoms with Crippen molar-refractivity contribution < 1.29 is 14.7 Å². The summed E-state index contributed by atoms with van der Waals surface area (Å²) in [6, 6.07) is 5.22. The predicted molar refractivity (Wildman–Crippen MR) is 63.4 cm³/mol. The Bertz CT molecular complexity index is 479. The van der Waals surface area contributed by atoms with Gasteiger partial charge in [0.1, 0.15) is 0 Å². The van der Waals surface area contributed by atoms with E-state index >= 15 is 0 Å². The lowest BCUT2D eigenvalue weighted by molar-refractivity contribution is -0.141. The molecule has 0 aliphatic rings. The van der Waals surface area contributed by atoms with Crippen LogP contribution in [0.1, 0.15) is 18.0 Å². The summed E-state index contributed by atoms with van der Waals surface area (Å²) in [7, 11) is 0. The number of carbonyl (C=O) groups is 2. The first kappa shape index (κ1) is 13.1. The zero-order valence-electron chi connectivity index (χ0n) is 8.81. The Hall–Kier alpha value is -1.99. The van der Waals surface area contributed by atoms with Crippen LogP contribution in [0.25, 0.3) is 0 Å². The van der Waals surface area contributed by atoms with Crippen LogP contribution in [-0.4, -0.2) is 17.0 Å². The Morgan fingerprint density at radius 1 is 1.47 bits per heavy atom. The van der Waals surface area contributed by atoms with Gasteiger partial charge in [0.25, 0.3) is 0 Å². The van der Waals surface area contributed by atoms with Gasteiger partial charge in [-0.15, -0.1) is 6.42 Å². The summed E-state index contributed by atoms with van der Waals surface area (Å²) in [6.45, 7) is 0. The zero-order valence-corrected chi connectivity index (χ0v) is 9.57. The second-order valence-electron chi connectivity index (χ2n) is 3.24. The molecule has 0 saturated carbocycles. The van der Waals surface area contributed by atoms with Gasteiger partial charge >= 0.3 is 5.97 Å². The van der Waals surface area contributed by atoms with E-state index in [0.717, 1.165) is 0 Å². The highest BCUT2D eigenvalue weighted by atomic mass is 35.5. The van der Waals surface area contributed by atoms with E-state index in [1.54, 1.807) is 18.2 Å². The topological polar surface area (TPSA) is 66.4 Å². The number of hydrogen-bond acceptors (Lipinski definition) is 2. The van der Waals surface area contributed by atoms with E-state index in [2.05, 4.69) is 11.2 Å². The molecule has 0 saturated heterocycles. The van der Waals surface area contributed by atoms with Crippen molar-refractivity contribution in [2.75, 3.05) is 0 Å². The molecule has 0 bridgehead atoms. The molecule has 17 heavy (non-hydrogen) atoms. The molecule has 0 unspecified atom stereocenters. The third kappa shape index (κ3) is 3.51. The van der Waals surface area contributed by atoms with Crippen molar-refractivity contribution in [1.82, 2.24) is 5.32 Å². The average molecular weight is 252 g/mol. The summed E-state index contributed by atoms with van der Waals surface area (Å²) in [5, 5.41) is 11.6. The monoisotopic (exact) mass is 251 g/mol. The third-order valence-corrected chi connectivity index (χ3v) is 2.38. The number of aliphatic carboxylic acids is 1. The van der Waals surface area contributed by atoms with E-state index in [1.807, 2.05) is 0 Å². The SMILES string of the molecule is C#CCC(=O)N[C@@H](C(=O)O)c1ccccc1Cl. The fourth-order valence-corrected chi connectivity index (χ4v) is 1.53. The molecule has 5 heteroatoms. The van der Waals surface area contributed by atoms with Crippen molar-refractivity contribution in [2.24, 2.45) is 0 Å². The minimum Gasteiger partial charge on any atom is -0.479 e. The van der Waals surface area contributed by atoms with Crippen molar-refractivity contribution >= 4 is 23.5 Å². The van der Waals surface area contributed by atoms with Gasteiger partial charge in [0.15, 0.2) is 6.04 Å². The Morgan fingerprint density at radius 3 is 2.65 bits per heavy atom. The highest BCUT2D eigenvalue weighted by molar-refractivity contribution is 6.31. The number of terminal acetylenes is 1. The van der Waals surface area contributed by atoms with Gasteiger partial charge in [-0.25, -0.2) is 4.79 Å². The lowest BCUT2D eigenvalue weighted by Crippen LogP contribution is -2.33. The standard InChI is InChI=1S/C12H10ClNO3/c1-2-5-10(15)14-11(12(16)17)8-6-3-4-7-9(8)13/h1,3-4,6-7,11H,5H2,(H,14,15)(H,16,17)/t11-/m1/s1. The van der Waals surface area contributed by atoms with Gasteiger partial charge in [-0.3, -0.25) is 4.79 Å². The summed E-state index contributed by atoms with van der Waals surface area (Å²) in [4.78, 5) is 22.3. The van der Waals surface area contributed by atoms with Gasteiger partial charge in [-0.2, -0.15) is 0 Å². The van der Waals surface area contributed by atoms with Crippen LogP contribution in [0, 0.1) is 12.3 Å². The van der Waals surface area contributed by atoms with E-state index in [4.69, 9.17) is 23.1 Å². The smallest absolute Gasteiger partial charge is 0.330 e. The second-order valence-corrected chi connectivity index (χ2v) is 3.65. The number of hydrogen-bond donors (Lipinski definition) is 2. The summed E-state index contributed by atoms with van der Waals surface area (Å²) in [5.41, 5.74) is 0.326. The van der Waals surface area contributed by atoms with E-state index in [0.29, 0.717) is 5.56 Å². The lowest BCUT2D eigenvalue weighted by atomic mass is 10.1. The van der Waals surface area contributed by atoms with Crippen LogP contribution < -0.4 is 5.32 Å². The molecule has 1 aromatic carbocycles. The molecule has 0 spiro atoms. The van der Waals surface area contributed by atoms with Gasteiger partial charge in [0.05, 0.1) is 6.42 Å². The maximum absolute atomic E-state index is 11.3. The molecule has 1 atom stereocenters. The highest BCUT2D eigenvalue weighted by Gasteiger charge is 2.23. The van der Waals surface area contributed by atoms with Crippen molar-refractivity contribution in [1.29, 1.82) is 0 Å². The number of nitrogens with one attached hydrogen (secondary N) is 1. The summed E-state index contributed by atoms with van der Waals surface area (Å²) < 4.78 is 0. The molecule has 0 fully saturated rings. The number of halogens is 1. The number of amides is 1. The molecular weight excluding hydrogens is 242 g/mol. The molecule has 2 N–H and O–H groups in total. The normalized spacial score (nSPS) is 11.3. The molecule has 1 rings (SSSR count). The molecule has 4 nitrogen and oxygen atoms in total. The zero-order chi connectivity index (χ0) is 12.8. The summed E-state index contributed by atoms with van der Waals surface area (Å²) >= 11 is 5.87. The van der Waals surface area contributed by atoms with Gasteiger partial charge < -0.3 is 10.4 Å². The Kier molecular flexibility index (Phi) is 4.56. The van der Waals surface area contributed by atoms with Crippen LogP contribution in [0.2, 0.25) is 5.02 Å². The first-order valence-electron chi connectivity index (χ1n) is 4.76. The molecule has 1 amide bonds. The van der Waals surface area contributed by atoms with Crippen molar-refractivity contribution in [3.63, 3.8) is 0 Å². The summed E-state index contributed by atoms with van der Waals surface area (Å²) in [6.07, 6.45) is 4.79. The van der Waals surface area contributed by atoms with Crippen molar-refractivity contribution in [3.8, 4) is 12.3 Å².